The molecule has 1 heterocycles. The molecule has 1 saturated heterocycles. The number of guanidine groups is 1. The summed E-state index contributed by atoms with van der Waals surface area (Å²) in [6, 6.07) is 0.720. The second-order valence-corrected chi connectivity index (χ2v) is 11.6. The summed E-state index contributed by atoms with van der Waals surface area (Å²) < 4.78 is 6.16. The van der Waals surface area contributed by atoms with E-state index < -0.39 is 23.7 Å². The Hall–Kier alpha value is -2.38. The van der Waals surface area contributed by atoms with E-state index in [-0.39, 0.29) is 29.4 Å². The minimum atomic E-state index is -0.735. The number of carbonyl (C=O) groups is 2. The molecule has 1 aliphatic heterocycles. The SMILES string of the molecule is N#CC1CC2CC2N1C(=O)C(N)C12CC3CC(CC(OC(=O)C(N)CCCN=C(N)N)(C3)C1)C2. The Morgan fingerprint density at radius 3 is 2.47 bits per heavy atom. The Labute approximate surface area is 200 Å². The van der Waals surface area contributed by atoms with Crippen molar-refractivity contribution in [3.63, 3.8) is 0 Å². The first-order valence-corrected chi connectivity index (χ1v) is 12.7. The lowest BCUT2D eigenvalue weighted by atomic mass is 9.46. The molecule has 186 valence electrons. The second kappa shape index (κ2) is 8.38. The van der Waals surface area contributed by atoms with Crippen molar-refractivity contribution in [1.82, 2.24) is 4.90 Å². The fourth-order valence-corrected chi connectivity index (χ4v) is 7.97. The van der Waals surface area contributed by atoms with Gasteiger partial charge in [0.15, 0.2) is 5.96 Å². The predicted molar refractivity (Wildman–Crippen MR) is 125 cm³/mol. The molecule has 10 heteroatoms. The summed E-state index contributed by atoms with van der Waals surface area (Å²) in [7, 11) is 0. The largest absolute Gasteiger partial charge is 0.458 e. The number of esters is 1. The van der Waals surface area contributed by atoms with Gasteiger partial charge in [-0.2, -0.15) is 5.26 Å². The van der Waals surface area contributed by atoms with E-state index in [0.717, 1.165) is 44.9 Å². The average Bonchev–Trinajstić information content (AvgIpc) is 3.43. The van der Waals surface area contributed by atoms with Gasteiger partial charge in [-0.3, -0.25) is 14.6 Å². The van der Waals surface area contributed by atoms with Gasteiger partial charge in [-0.05, 0) is 87.4 Å². The van der Waals surface area contributed by atoms with Crippen LogP contribution in [0.25, 0.3) is 0 Å². The quantitative estimate of drug-likeness (QED) is 0.166. The molecular formula is C24H37N7O3. The first-order chi connectivity index (χ1) is 16.2. The van der Waals surface area contributed by atoms with E-state index in [2.05, 4.69) is 11.1 Å². The summed E-state index contributed by atoms with van der Waals surface area (Å²) in [6.45, 7) is 0.417. The van der Waals surface area contributed by atoms with Gasteiger partial charge in [0.1, 0.15) is 17.7 Å². The molecule has 0 aromatic heterocycles. The highest BCUT2D eigenvalue weighted by Crippen LogP contribution is 2.64. The predicted octanol–water partition coefficient (Wildman–Crippen LogP) is 0.0898. The molecule has 5 saturated carbocycles. The molecule has 5 aliphatic carbocycles. The first kappa shape index (κ1) is 23.4. The molecule has 0 spiro atoms. The van der Waals surface area contributed by atoms with Crippen LogP contribution in [0.2, 0.25) is 0 Å². The molecule has 1 amide bonds. The van der Waals surface area contributed by atoms with Crippen LogP contribution in [0.5, 0.6) is 0 Å². The molecular weight excluding hydrogens is 434 g/mol. The van der Waals surface area contributed by atoms with Crippen LogP contribution in [-0.4, -0.2) is 59.0 Å². The number of nitriles is 1. The number of fused-ring (bicyclic) bond motifs is 1. The zero-order chi connectivity index (χ0) is 24.3. The van der Waals surface area contributed by atoms with E-state index in [1.807, 2.05) is 0 Å². The Bertz CT molecular complexity index is 912. The molecule has 6 aliphatic rings. The highest BCUT2D eigenvalue weighted by Gasteiger charge is 2.64. The molecule has 0 aromatic carbocycles. The molecule has 0 radical (unpaired) electrons. The maximum absolute atomic E-state index is 13.6. The van der Waals surface area contributed by atoms with Gasteiger partial charge < -0.3 is 32.6 Å². The standard InChI is InChI=1S/C24H37N7O3/c25-11-16-5-15-6-18(15)31(16)20(32)19(27)23-7-13-4-14(8-23)10-24(9-13,12-23)34-21(33)17(26)2-1-3-30-22(28)29/h13-19H,1-10,12,26-27H2,(H4,28,29,30). The monoisotopic (exact) mass is 471 g/mol. The number of piperidine rings is 1. The molecule has 8 N–H and O–H groups in total. The van der Waals surface area contributed by atoms with Crippen LogP contribution in [0.15, 0.2) is 4.99 Å². The highest BCUT2D eigenvalue weighted by atomic mass is 16.6. The van der Waals surface area contributed by atoms with Gasteiger partial charge in [-0.15, -0.1) is 0 Å². The number of nitrogens with two attached hydrogens (primary N) is 4. The van der Waals surface area contributed by atoms with Crippen LogP contribution in [0.3, 0.4) is 0 Å². The number of amides is 1. The number of hydrogen-bond acceptors (Lipinski definition) is 7. The van der Waals surface area contributed by atoms with Crippen molar-refractivity contribution < 1.29 is 14.3 Å². The smallest absolute Gasteiger partial charge is 0.323 e. The van der Waals surface area contributed by atoms with Gasteiger partial charge in [0.05, 0.1) is 12.1 Å². The van der Waals surface area contributed by atoms with Crippen molar-refractivity contribution in [2.24, 2.45) is 51.1 Å². The molecule has 7 atom stereocenters. The van der Waals surface area contributed by atoms with E-state index in [9.17, 15) is 14.9 Å². The topological polar surface area (TPSA) is 187 Å². The maximum Gasteiger partial charge on any atom is 0.323 e. The van der Waals surface area contributed by atoms with Gasteiger partial charge in [-0.1, -0.05) is 0 Å². The van der Waals surface area contributed by atoms with Crippen LogP contribution >= 0.6 is 0 Å². The first-order valence-electron chi connectivity index (χ1n) is 12.7. The minimum Gasteiger partial charge on any atom is -0.458 e. The summed E-state index contributed by atoms with van der Waals surface area (Å²) in [5.74, 6) is 0.782. The van der Waals surface area contributed by atoms with E-state index in [4.69, 9.17) is 27.7 Å². The molecule has 7 unspecified atom stereocenters. The summed E-state index contributed by atoms with van der Waals surface area (Å²) >= 11 is 0. The third-order valence-electron chi connectivity index (χ3n) is 9.07. The number of nitrogens with zero attached hydrogens (tertiary/aromatic N) is 3. The summed E-state index contributed by atoms with van der Waals surface area (Å²) in [4.78, 5) is 32.2. The molecule has 6 fully saturated rings. The Morgan fingerprint density at radius 1 is 1.12 bits per heavy atom. The third kappa shape index (κ3) is 4.03. The van der Waals surface area contributed by atoms with Crippen LogP contribution < -0.4 is 22.9 Å². The average molecular weight is 472 g/mol. The van der Waals surface area contributed by atoms with E-state index in [1.54, 1.807) is 4.90 Å². The zero-order valence-corrected chi connectivity index (χ0v) is 19.7. The van der Waals surface area contributed by atoms with E-state index in [1.165, 1.54) is 0 Å². The maximum atomic E-state index is 13.6. The number of carbonyl (C=O) groups excluding carboxylic acids is 2. The van der Waals surface area contributed by atoms with E-state index >= 15 is 0 Å². The van der Waals surface area contributed by atoms with Crippen molar-refractivity contribution in [3.05, 3.63) is 0 Å². The van der Waals surface area contributed by atoms with Crippen molar-refractivity contribution in [2.45, 2.75) is 94.0 Å². The Balaban J connectivity index is 1.27. The van der Waals surface area contributed by atoms with E-state index in [0.29, 0.717) is 43.6 Å². The van der Waals surface area contributed by atoms with Crippen molar-refractivity contribution in [3.8, 4) is 6.07 Å². The Morgan fingerprint density at radius 2 is 1.82 bits per heavy atom. The lowest BCUT2D eigenvalue weighted by Crippen LogP contribution is -2.66. The number of aliphatic imine (C=N–C) groups is 1. The van der Waals surface area contributed by atoms with Gasteiger partial charge in [-0.25, -0.2) is 0 Å². The van der Waals surface area contributed by atoms with Crippen LogP contribution in [0, 0.1) is 34.5 Å². The second-order valence-electron chi connectivity index (χ2n) is 11.6. The minimum absolute atomic E-state index is 0.0214. The molecule has 6 rings (SSSR count). The molecule has 4 bridgehead atoms. The van der Waals surface area contributed by atoms with Crippen LogP contribution in [0.4, 0.5) is 0 Å². The fourth-order valence-electron chi connectivity index (χ4n) is 7.97. The summed E-state index contributed by atoms with van der Waals surface area (Å²) in [5, 5.41) is 9.56. The molecule has 0 aromatic rings. The number of ether oxygens (including phenoxy) is 1. The fraction of sp³-hybridized carbons (Fsp3) is 0.833. The van der Waals surface area contributed by atoms with Crippen molar-refractivity contribution >= 4 is 17.8 Å². The lowest BCUT2D eigenvalue weighted by molar-refractivity contribution is -0.207. The third-order valence-corrected chi connectivity index (χ3v) is 9.07. The zero-order valence-electron chi connectivity index (χ0n) is 19.7. The van der Waals surface area contributed by atoms with Crippen molar-refractivity contribution in [2.75, 3.05) is 6.54 Å². The van der Waals surface area contributed by atoms with Gasteiger partial charge in [0.25, 0.3) is 0 Å². The molecule has 34 heavy (non-hydrogen) atoms. The van der Waals surface area contributed by atoms with Crippen LogP contribution in [0.1, 0.15) is 64.2 Å². The highest BCUT2D eigenvalue weighted by molar-refractivity contribution is 5.84. The van der Waals surface area contributed by atoms with Crippen molar-refractivity contribution in [1.29, 1.82) is 5.26 Å². The van der Waals surface area contributed by atoms with Gasteiger partial charge in [0.2, 0.25) is 5.91 Å². The lowest BCUT2D eigenvalue weighted by Gasteiger charge is -2.62. The van der Waals surface area contributed by atoms with Gasteiger partial charge >= 0.3 is 5.97 Å². The van der Waals surface area contributed by atoms with Gasteiger partial charge in [0, 0.05) is 12.6 Å². The summed E-state index contributed by atoms with van der Waals surface area (Å²) in [5.41, 5.74) is 22.6. The number of rotatable bonds is 8. The summed E-state index contributed by atoms with van der Waals surface area (Å²) in [6.07, 6.45) is 7.88. The number of hydrogen-bond donors (Lipinski definition) is 4. The normalized spacial score (nSPS) is 40.7. The molecule has 10 nitrogen and oxygen atoms in total. The number of likely N-dealkylation sites (tertiary alicyclic amines) is 1. The van der Waals surface area contributed by atoms with Crippen LogP contribution in [-0.2, 0) is 14.3 Å². The Kier molecular flexibility index (Phi) is 5.76.